The Kier molecular flexibility index (Phi) is 5.01. The van der Waals surface area contributed by atoms with E-state index in [1.165, 1.54) is 0 Å². The number of ether oxygens (including phenoxy) is 2. The van der Waals surface area contributed by atoms with Crippen molar-refractivity contribution in [2.75, 3.05) is 12.1 Å². The van der Waals surface area contributed by atoms with Crippen molar-refractivity contribution in [2.24, 2.45) is 0 Å². The summed E-state index contributed by atoms with van der Waals surface area (Å²) in [5.74, 6) is 0.260. The highest BCUT2D eigenvalue weighted by Crippen LogP contribution is 2.35. The fourth-order valence-corrected chi connectivity index (χ4v) is 3.77. The standard InChI is InChI=1S/C20H19ClN2O4/c21-14-7-12(19-13(8-14)10-26-11-27-19)9-22-18(24)6-5-16-15-3-1-2-4-17(15)23-20(16)25/h1-4,7-8,16H,5-6,9-11H2,(H,22,24)(H,23,25). The Bertz CT molecular complexity index is 900. The SMILES string of the molecule is O=C(CCC1C(=O)Nc2ccccc21)NCc1cc(Cl)cc2c1OCOC2. The molecule has 4 rings (SSSR count). The van der Waals surface area contributed by atoms with Crippen LogP contribution in [0, 0.1) is 0 Å². The van der Waals surface area contributed by atoms with Crippen molar-refractivity contribution in [3.05, 3.63) is 58.1 Å². The first-order valence-electron chi connectivity index (χ1n) is 8.80. The maximum Gasteiger partial charge on any atom is 0.232 e. The van der Waals surface area contributed by atoms with Gasteiger partial charge in [0.15, 0.2) is 6.79 Å². The number of benzene rings is 2. The number of amides is 2. The minimum absolute atomic E-state index is 0.0543. The van der Waals surface area contributed by atoms with Crippen molar-refractivity contribution in [3.8, 4) is 5.75 Å². The van der Waals surface area contributed by atoms with Gasteiger partial charge in [-0.1, -0.05) is 29.8 Å². The van der Waals surface area contributed by atoms with Crippen molar-refractivity contribution in [2.45, 2.75) is 31.9 Å². The third-order valence-corrected chi connectivity index (χ3v) is 5.02. The molecule has 0 saturated carbocycles. The number of carbonyl (C=O) groups excluding carboxylic acids is 2. The molecule has 2 N–H and O–H groups in total. The lowest BCUT2D eigenvalue weighted by Crippen LogP contribution is -2.25. The summed E-state index contributed by atoms with van der Waals surface area (Å²) in [4.78, 5) is 24.4. The molecule has 0 bridgehead atoms. The van der Waals surface area contributed by atoms with E-state index in [1.807, 2.05) is 24.3 Å². The van der Waals surface area contributed by atoms with Crippen molar-refractivity contribution in [1.82, 2.24) is 5.32 Å². The van der Waals surface area contributed by atoms with Crippen LogP contribution in [-0.4, -0.2) is 18.6 Å². The average molecular weight is 387 g/mol. The van der Waals surface area contributed by atoms with Gasteiger partial charge in [-0.3, -0.25) is 9.59 Å². The van der Waals surface area contributed by atoms with Crippen molar-refractivity contribution in [1.29, 1.82) is 0 Å². The molecule has 0 spiro atoms. The third kappa shape index (κ3) is 3.77. The fourth-order valence-electron chi connectivity index (χ4n) is 3.51. The lowest BCUT2D eigenvalue weighted by Gasteiger charge is -2.21. The summed E-state index contributed by atoms with van der Waals surface area (Å²) in [6.45, 7) is 0.938. The number of para-hydroxylation sites is 1. The summed E-state index contributed by atoms with van der Waals surface area (Å²) < 4.78 is 10.8. The van der Waals surface area contributed by atoms with Crippen molar-refractivity contribution >= 4 is 29.1 Å². The van der Waals surface area contributed by atoms with Crippen LogP contribution in [0.4, 0.5) is 5.69 Å². The molecule has 0 radical (unpaired) electrons. The van der Waals surface area contributed by atoms with Gasteiger partial charge in [-0.15, -0.1) is 0 Å². The number of fused-ring (bicyclic) bond motifs is 2. The molecule has 0 aromatic heterocycles. The van der Waals surface area contributed by atoms with Crippen LogP contribution in [0.15, 0.2) is 36.4 Å². The average Bonchev–Trinajstić information content (AvgIpc) is 2.99. The second-order valence-electron chi connectivity index (χ2n) is 6.61. The van der Waals surface area contributed by atoms with Crippen molar-refractivity contribution in [3.63, 3.8) is 0 Å². The number of hydrogen-bond donors (Lipinski definition) is 2. The van der Waals surface area contributed by atoms with E-state index in [4.69, 9.17) is 21.1 Å². The van der Waals surface area contributed by atoms with E-state index in [-0.39, 0.29) is 30.9 Å². The zero-order valence-electron chi connectivity index (χ0n) is 14.6. The van der Waals surface area contributed by atoms with E-state index in [0.717, 1.165) is 28.1 Å². The molecule has 1 unspecified atom stereocenters. The summed E-state index contributed by atoms with van der Waals surface area (Å²) >= 11 is 6.14. The number of rotatable bonds is 5. The molecular formula is C20H19ClN2O4. The smallest absolute Gasteiger partial charge is 0.232 e. The first kappa shape index (κ1) is 17.8. The Hall–Kier alpha value is -2.57. The first-order chi connectivity index (χ1) is 13.1. The van der Waals surface area contributed by atoms with E-state index in [0.29, 0.717) is 24.6 Å². The number of hydrogen-bond acceptors (Lipinski definition) is 4. The highest BCUT2D eigenvalue weighted by Gasteiger charge is 2.30. The van der Waals surface area contributed by atoms with Crippen LogP contribution in [0.25, 0.3) is 0 Å². The van der Waals surface area contributed by atoms with E-state index < -0.39 is 0 Å². The normalized spacial score (nSPS) is 17.5. The Labute approximate surface area is 161 Å². The summed E-state index contributed by atoms with van der Waals surface area (Å²) in [7, 11) is 0. The molecule has 2 aliphatic rings. The molecule has 0 fully saturated rings. The van der Waals surface area contributed by atoms with Crippen LogP contribution in [0.3, 0.4) is 0 Å². The van der Waals surface area contributed by atoms with Gasteiger partial charge in [0.2, 0.25) is 11.8 Å². The van der Waals surface area contributed by atoms with Crippen LogP contribution < -0.4 is 15.4 Å². The molecule has 2 heterocycles. The topological polar surface area (TPSA) is 76.7 Å². The molecule has 0 saturated heterocycles. The minimum Gasteiger partial charge on any atom is -0.467 e. The predicted molar refractivity (Wildman–Crippen MR) is 101 cm³/mol. The van der Waals surface area contributed by atoms with E-state index in [9.17, 15) is 9.59 Å². The molecule has 140 valence electrons. The highest BCUT2D eigenvalue weighted by molar-refractivity contribution is 6.30. The lowest BCUT2D eigenvalue weighted by molar-refractivity contribution is -0.121. The van der Waals surface area contributed by atoms with Gasteiger partial charge in [-0.2, -0.15) is 0 Å². The Morgan fingerprint density at radius 3 is 3.04 bits per heavy atom. The van der Waals surface area contributed by atoms with Gasteiger partial charge in [-0.05, 0) is 30.2 Å². The third-order valence-electron chi connectivity index (χ3n) is 4.80. The monoisotopic (exact) mass is 386 g/mol. The predicted octanol–water partition coefficient (Wildman–Crippen LogP) is 3.34. The zero-order chi connectivity index (χ0) is 18.8. The molecule has 0 aliphatic carbocycles. The van der Waals surface area contributed by atoms with Gasteiger partial charge in [-0.25, -0.2) is 0 Å². The zero-order valence-corrected chi connectivity index (χ0v) is 15.3. The summed E-state index contributed by atoms with van der Waals surface area (Å²) in [5.41, 5.74) is 3.47. The van der Waals surface area contributed by atoms with Gasteiger partial charge in [0.1, 0.15) is 5.75 Å². The molecule has 6 nitrogen and oxygen atoms in total. The maximum atomic E-state index is 12.3. The number of anilines is 1. The van der Waals surface area contributed by atoms with Crippen LogP contribution in [0.1, 0.15) is 35.4 Å². The lowest BCUT2D eigenvalue weighted by atomic mass is 9.95. The molecule has 7 heteroatoms. The molecule has 2 aliphatic heterocycles. The van der Waals surface area contributed by atoms with Gasteiger partial charge in [0.05, 0.1) is 12.5 Å². The first-order valence-corrected chi connectivity index (χ1v) is 9.18. The van der Waals surface area contributed by atoms with Gasteiger partial charge >= 0.3 is 0 Å². The molecule has 1 atom stereocenters. The number of carbonyl (C=O) groups is 2. The number of nitrogens with one attached hydrogen (secondary N) is 2. The van der Waals surface area contributed by atoms with Gasteiger partial charge in [0.25, 0.3) is 0 Å². The van der Waals surface area contributed by atoms with E-state index >= 15 is 0 Å². The van der Waals surface area contributed by atoms with Crippen LogP contribution in [0.5, 0.6) is 5.75 Å². The van der Waals surface area contributed by atoms with E-state index in [2.05, 4.69) is 10.6 Å². The van der Waals surface area contributed by atoms with Crippen LogP contribution >= 0.6 is 11.6 Å². The van der Waals surface area contributed by atoms with Gasteiger partial charge in [0, 0.05) is 34.8 Å². The summed E-state index contributed by atoms with van der Waals surface area (Å²) in [6, 6.07) is 11.2. The molecule has 2 aromatic carbocycles. The fraction of sp³-hybridized carbons (Fsp3) is 0.300. The van der Waals surface area contributed by atoms with Crippen molar-refractivity contribution < 1.29 is 19.1 Å². The van der Waals surface area contributed by atoms with E-state index in [1.54, 1.807) is 12.1 Å². The van der Waals surface area contributed by atoms with Gasteiger partial charge < -0.3 is 20.1 Å². The Morgan fingerprint density at radius 2 is 2.15 bits per heavy atom. The largest absolute Gasteiger partial charge is 0.467 e. The summed E-state index contributed by atoms with van der Waals surface area (Å²) in [6.07, 6.45) is 0.728. The Morgan fingerprint density at radius 1 is 1.30 bits per heavy atom. The number of halogens is 1. The summed E-state index contributed by atoms with van der Waals surface area (Å²) in [5, 5.41) is 6.32. The second-order valence-corrected chi connectivity index (χ2v) is 7.04. The highest BCUT2D eigenvalue weighted by atomic mass is 35.5. The van der Waals surface area contributed by atoms with Crippen LogP contribution in [0.2, 0.25) is 5.02 Å². The second kappa shape index (κ2) is 7.58. The molecule has 27 heavy (non-hydrogen) atoms. The quantitative estimate of drug-likeness (QED) is 0.826. The molecule has 2 amide bonds. The van der Waals surface area contributed by atoms with Crippen LogP contribution in [-0.2, 0) is 27.5 Å². The minimum atomic E-state index is -0.286. The molecule has 2 aromatic rings. The Balaban J connectivity index is 1.36. The maximum absolute atomic E-state index is 12.3. The molecular weight excluding hydrogens is 368 g/mol.